The van der Waals surface area contributed by atoms with Gasteiger partial charge in [0.15, 0.2) is 0 Å². The average molecular weight is 470 g/mol. The van der Waals surface area contributed by atoms with E-state index in [1.807, 2.05) is 6.92 Å². The minimum atomic E-state index is -3.50. The molecule has 33 heavy (non-hydrogen) atoms. The Balaban J connectivity index is 1.30. The van der Waals surface area contributed by atoms with Crippen molar-refractivity contribution < 1.29 is 13.2 Å². The van der Waals surface area contributed by atoms with Crippen LogP contribution in [0.25, 0.3) is 0 Å². The van der Waals surface area contributed by atoms with Gasteiger partial charge in [0.25, 0.3) is 0 Å². The van der Waals surface area contributed by atoms with Gasteiger partial charge in [-0.15, -0.1) is 0 Å². The number of benzene rings is 2. The van der Waals surface area contributed by atoms with Crippen LogP contribution in [0.2, 0.25) is 0 Å². The summed E-state index contributed by atoms with van der Waals surface area (Å²) < 4.78 is 27.1. The molecule has 0 radical (unpaired) electrons. The van der Waals surface area contributed by atoms with Crippen LogP contribution < -0.4 is 10.2 Å². The molecule has 1 N–H and O–H groups in total. The molecule has 2 atom stereocenters. The van der Waals surface area contributed by atoms with Crippen molar-refractivity contribution in [3.63, 3.8) is 0 Å². The van der Waals surface area contributed by atoms with Gasteiger partial charge in [0, 0.05) is 37.8 Å². The molecule has 4 rings (SSSR count). The molecule has 0 bridgehead atoms. The van der Waals surface area contributed by atoms with E-state index >= 15 is 0 Å². The van der Waals surface area contributed by atoms with E-state index in [0.29, 0.717) is 30.8 Å². The molecule has 0 spiro atoms. The molecule has 2 aromatic carbocycles. The lowest BCUT2D eigenvalue weighted by atomic mass is 9.96. The molecule has 0 unspecified atom stereocenters. The van der Waals surface area contributed by atoms with Crippen LogP contribution in [0.4, 0.5) is 5.69 Å². The van der Waals surface area contributed by atoms with E-state index in [1.54, 1.807) is 30.3 Å². The summed E-state index contributed by atoms with van der Waals surface area (Å²) in [4.78, 5) is 15.6. The van der Waals surface area contributed by atoms with Gasteiger partial charge in [-0.25, -0.2) is 8.42 Å². The molecule has 6 nitrogen and oxygen atoms in total. The van der Waals surface area contributed by atoms with Crippen LogP contribution >= 0.6 is 0 Å². The van der Waals surface area contributed by atoms with Crippen LogP contribution in [0, 0.1) is 11.8 Å². The third-order valence-electron chi connectivity index (χ3n) is 6.98. The molecule has 2 aliphatic rings. The van der Waals surface area contributed by atoms with Crippen molar-refractivity contribution in [1.82, 2.24) is 9.62 Å². The maximum Gasteiger partial charge on any atom is 0.243 e. The number of hydrogen-bond acceptors (Lipinski definition) is 4. The van der Waals surface area contributed by atoms with Gasteiger partial charge >= 0.3 is 0 Å². The lowest BCUT2D eigenvalue weighted by Gasteiger charge is -2.33. The number of carbonyl (C=O) groups excluding carboxylic acids is 1. The van der Waals surface area contributed by atoms with Gasteiger partial charge < -0.3 is 10.2 Å². The van der Waals surface area contributed by atoms with Gasteiger partial charge in [-0.2, -0.15) is 4.31 Å². The molecule has 7 heteroatoms. The van der Waals surface area contributed by atoms with Crippen LogP contribution in [-0.4, -0.2) is 44.8 Å². The monoisotopic (exact) mass is 469 g/mol. The van der Waals surface area contributed by atoms with Crippen LogP contribution in [0.1, 0.15) is 51.1 Å². The minimum absolute atomic E-state index is 0.00758. The second-order valence-corrected chi connectivity index (χ2v) is 11.4. The van der Waals surface area contributed by atoms with Crippen LogP contribution in [0.3, 0.4) is 0 Å². The number of carbonyl (C=O) groups is 1. The van der Waals surface area contributed by atoms with Gasteiger partial charge in [-0.1, -0.05) is 37.3 Å². The Morgan fingerprint density at radius 2 is 1.64 bits per heavy atom. The van der Waals surface area contributed by atoms with E-state index < -0.39 is 10.0 Å². The Morgan fingerprint density at radius 3 is 2.27 bits per heavy atom. The zero-order valence-electron chi connectivity index (χ0n) is 19.6. The highest BCUT2D eigenvalue weighted by Crippen LogP contribution is 2.27. The standard InChI is InChI=1S/C26H35N3O3S/c1-20-7-6-16-28(19-20)24-12-10-22(11-13-24)21(2)27-26(30)23-14-17-29(18-15-23)33(31,32)25-8-4-3-5-9-25/h3-5,8-13,20-21,23H,6-7,14-19H2,1-2H3,(H,27,30)/t20-,21-/m0/s1. The van der Waals surface area contributed by atoms with E-state index in [2.05, 4.69) is 41.4 Å². The minimum Gasteiger partial charge on any atom is -0.371 e. The van der Waals surface area contributed by atoms with Gasteiger partial charge in [0.1, 0.15) is 0 Å². The number of nitrogens with zero attached hydrogens (tertiary/aromatic N) is 2. The Labute approximate surface area is 198 Å². The third-order valence-corrected chi connectivity index (χ3v) is 8.89. The molecule has 2 aliphatic heterocycles. The van der Waals surface area contributed by atoms with Gasteiger partial charge in [-0.3, -0.25) is 4.79 Å². The SMILES string of the molecule is C[C@H]1CCCN(c2ccc([C@H](C)NC(=O)C3CCN(S(=O)(=O)c4ccccc4)CC3)cc2)C1. The number of piperidine rings is 2. The highest BCUT2D eigenvalue weighted by atomic mass is 32.2. The predicted octanol–water partition coefficient (Wildman–Crippen LogP) is 4.20. The number of hydrogen-bond donors (Lipinski definition) is 1. The molecule has 2 aromatic rings. The number of amides is 1. The molecule has 1 amide bonds. The van der Waals surface area contributed by atoms with Crippen molar-refractivity contribution in [2.75, 3.05) is 31.1 Å². The van der Waals surface area contributed by atoms with Crippen molar-refractivity contribution in [1.29, 1.82) is 0 Å². The topological polar surface area (TPSA) is 69.7 Å². The molecule has 0 saturated carbocycles. The van der Waals surface area contributed by atoms with E-state index in [4.69, 9.17) is 0 Å². The third kappa shape index (κ3) is 5.58. The molecule has 0 aliphatic carbocycles. The smallest absolute Gasteiger partial charge is 0.243 e. The second kappa shape index (κ2) is 10.3. The van der Waals surface area contributed by atoms with Crippen molar-refractivity contribution in [2.45, 2.75) is 50.5 Å². The second-order valence-electron chi connectivity index (χ2n) is 9.51. The summed E-state index contributed by atoms with van der Waals surface area (Å²) in [6, 6.07) is 16.9. The molecule has 0 aromatic heterocycles. The number of nitrogens with one attached hydrogen (secondary N) is 1. The molecular formula is C26H35N3O3S. The first-order valence-corrected chi connectivity index (χ1v) is 13.5. The van der Waals surface area contributed by atoms with Crippen molar-refractivity contribution >= 4 is 21.6 Å². The molecular weight excluding hydrogens is 434 g/mol. The molecule has 2 heterocycles. The highest BCUT2D eigenvalue weighted by molar-refractivity contribution is 7.89. The van der Waals surface area contributed by atoms with Crippen molar-refractivity contribution in [2.24, 2.45) is 11.8 Å². The summed E-state index contributed by atoms with van der Waals surface area (Å²) in [5, 5.41) is 3.14. The molecule has 2 fully saturated rings. The van der Waals surface area contributed by atoms with Crippen molar-refractivity contribution in [3.05, 3.63) is 60.2 Å². The molecule has 178 valence electrons. The lowest BCUT2D eigenvalue weighted by molar-refractivity contribution is -0.126. The lowest BCUT2D eigenvalue weighted by Crippen LogP contribution is -2.43. The van der Waals surface area contributed by atoms with Gasteiger partial charge in [0.05, 0.1) is 10.9 Å². The van der Waals surface area contributed by atoms with E-state index in [-0.39, 0.29) is 17.9 Å². The maximum atomic E-state index is 12.9. The van der Waals surface area contributed by atoms with Gasteiger partial charge in [0.2, 0.25) is 15.9 Å². The fourth-order valence-electron chi connectivity index (χ4n) is 4.91. The van der Waals surface area contributed by atoms with Crippen LogP contribution in [0.15, 0.2) is 59.5 Å². The van der Waals surface area contributed by atoms with Crippen LogP contribution in [-0.2, 0) is 14.8 Å². The van der Waals surface area contributed by atoms with Gasteiger partial charge in [-0.05, 0) is 68.4 Å². The number of rotatable bonds is 6. The zero-order valence-corrected chi connectivity index (χ0v) is 20.4. The summed E-state index contributed by atoms with van der Waals surface area (Å²) in [6.45, 7) is 7.25. The number of sulfonamides is 1. The first-order chi connectivity index (χ1) is 15.8. The van der Waals surface area contributed by atoms with E-state index in [0.717, 1.165) is 24.6 Å². The Kier molecular flexibility index (Phi) is 7.39. The fourth-order valence-corrected chi connectivity index (χ4v) is 6.40. The summed E-state index contributed by atoms with van der Waals surface area (Å²) >= 11 is 0. The predicted molar refractivity (Wildman–Crippen MR) is 132 cm³/mol. The Bertz CT molecular complexity index is 1030. The van der Waals surface area contributed by atoms with Crippen LogP contribution in [0.5, 0.6) is 0 Å². The van der Waals surface area contributed by atoms with E-state index in [1.165, 1.54) is 22.8 Å². The normalized spacial score (nSPS) is 21.5. The highest BCUT2D eigenvalue weighted by Gasteiger charge is 2.32. The zero-order chi connectivity index (χ0) is 23.4. The first kappa shape index (κ1) is 23.8. The number of anilines is 1. The maximum absolute atomic E-state index is 12.9. The Morgan fingerprint density at radius 1 is 0.970 bits per heavy atom. The summed E-state index contributed by atoms with van der Waals surface area (Å²) in [5.74, 6) is 0.572. The van der Waals surface area contributed by atoms with E-state index in [9.17, 15) is 13.2 Å². The quantitative estimate of drug-likeness (QED) is 0.688. The molecule has 2 saturated heterocycles. The fraction of sp³-hybridized carbons (Fsp3) is 0.500. The van der Waals surface area contributed by atoms with Crippen molar-refractivity contribution in [3.8, 4) is 0 Å². The summed E-state index contributed by atoms with van der Waals surface area (Å²) in [7, 11) is -3.50. The largest absolute Gasteiger partial charge is 0.371 e. The Hall–Kier alpha value is -2.38. The summed E-state index contributed by atoms with van der Waals surface area (Å²) in [6.07, 6.45) is 3.61. The first-order valence-electron chi connectivity index (χ1n) is 12.0. The average Bonchev–Trinajstić information content (AvgIpc) is 2.84. The summed E-state index contributed by atoms with van der Waals surface area (Å²) in [5.41, 5.74) is 2.33.